The molecule has 2 heterocycles. The number of hydrogen-bond donors (Lipinski definition) is 1. The molecule has 144 valence electrons. The van der Waals surface area contributed by atoms with E-state index in [0.717, 1.165) is 41.3 Å². The molecule has 2 aromatic heterocycles. The highest BCUT2D eigenvalue weighted by molar-refractivity contribution is 7.98. The second-order valence-electron chi connectivity index (χ2n) is 7.06. The van der Waals surface area contributed by atoms with Crippen LogP contribution < -0.4 is 5.32 Å². The van der Waals surface area contributed by atoms with Gasteiger partial charge in [0.15, 0.2) is 0 Å². The van der Waals surface area contributed by atoms with E-state index in [1.165, 1.54) is 22.9 Å². The minimum Gasteiger partial charge on any atom is -0.361 e. The molecule has 0 saturated heterocycles. The summed E-state index contributed by atoms with van der Waals surface area (Å²) in [6, 6.07) is 12.1. The first-order chi connectivity index (χ1) is 13.6. The van der Waals surface area contributed by atoms with Crippen molar-refractivity contribution in [3.63, 3.8) is 0 Å². The van der Waals surface area contributed by atoms with Crippen molar-refractivity contribution in [2.24, 2.45) is 0 Å². The van der Waals surface area contributed by atoms with Crippen LogP contribution in [0.25, 0.3) is 0 Å². The Bertz CT molecular complexity index is 979. The van der Waals surface area contributed by atoms with Gasteiger partial charge in [-0.1, -0.05) is 29.4 Å². The van der Waals surface area contributed by atoms with Gasteiger partial charge >= 0.3 is 0 Å². The molecule has 1 aromatic carbocycles. The first kappa shape index (κ1) is 18.7. The Morgan fingerprint density at radius 3 is 2.93 bits per heavy atom. The van der Waals surface area contributed by atoms with Crippen LogP contribution in [0.3, 0.4) is 0 Å². The van der Waals surface area contributed by atoms with Crippen molar-refractivity contribution in [2.75, 3.05) is 0 Å². The lowest BCUT2D eigenvalue weighted by molar-refractivity contribution is 0.0929. The number of rotatable bonds is 5. The van der Waals surface area contributed by atoms with Crippen LogP contribution in [-0.2, 0) is 12.2 Å². The maximum absolute atomic E-state index is 13.0. The molecule has 6 heteroatoms. The molecule has 0 aliphatic heterocycles. The van der Waals surface area contributed by atoms with Gasteiger partial charge in [-0.2, -0.15) is 0 Å². The average Bonchev–Trinajstić information content (AvgIpc) is 3.04. The molecule has 0 saturated carbocycles. The number of nitrogens with zero attached hydrogens (tertiary/aromatic N) is 2. The highest BCUT2D eigenvalue weighted by Crippen LogP contribution is 2.31. The molecule has 1 amide bonds. The number of aryl methyl sites for hydroxylation is 3. The zero-order valence-corrected chi connectivity index (χ0v) is 16.9. The van der Waals surface area contributed by atoms with Gasteiger partial charge in [0.1, 0.15) is 10.8 Å². The van der Waals surface area contributed by atoms with E-state index in [1.807, 2.05) is 32.0 Å². The van der Waals surface area contributed by atoms with Crippen molar-refractivity contribution in [3.8, 4) is 0 Å². The number of thioether (sulfide) groups is 1. The summed E-state index contributed by atoms with van der Waals surface area (Å²) in [5.74, 6) is 1.41. The molecule has 0 spiro atoms. The van der Waals surface area contributed by atoms with Crippen molar-refractivity contribution in [3.05, 3.63) is 76.3 Å². The third-order valence-corrected chi connectivity index (χ3v) is 6.26. The highest BCUT2D eigenvalue weighted by Gasteiger charge is 2.23. The lowest BCUT2D eigenvalue weighted by Crippen LogP contribution is -2.31. The Morgan fingerprint density at radius 2 is 2.11 bits per heavy atom. The van der Waals surface area contributed by atoms with Crippen LogP contribution in [0.1, 0.15) is 57.4 Å². The molecule has 0 unspecified atom stereocenters. The number of benzene rings is 1. The molecule has 1 atom stereocenters. The Hall–Kier alpha value is -2.60. The van der Waals surface area contributed by atoms with Crippen molar-refractivity contribution in [1.29, 1.82) is 0 Å². The summed E-state index contributed by atoms with van der Waals surface area (Å²) in [5.41, 5.74) is 5.12. The van der Waals surface area contributed by atoms with E-state index in [1.54, 1.807) is 6.20 Å². The van der Waals surface area contributed by atoms with Crippen LogP contribution in [0.5, 0.6) is 0 Å². The fourth-order valence-electron chi connectivity index (χ4n) is 3.67. The Morgan fingerprint density at radius 1 is 1.25 bits per heavy atom. The maximum atomic E-state index is 13.0. The predicted octanol–water partition coefficient (Wildman–Crippen LogP) is 4.79. The van der Waals surface area contributed by atoms with Gasteiger partial charge in [0.05, 0.1) is 17.3 Å². The molecule has 5 nitrogen and oxygen atoms in total. The zero-order valence-electron chi connectivity index (χ0n) is 16.1. The molecule has 1 aliphatic carbocycles. The third-order valence-electron chi connectivity index (χ3n) is 5.22. The molecule has 1 aliphatic rings. The second kappa shape index (κ2) is 8.19. The Labute approximate surface area is 168 Å². The zero-order chi connectivity index (χ0) is 19.5. The molecule has 3 aromatic rings. The normalized spacial score (nSPS) is 15.9. The standard InChI is InChI=1S/C22H23N3O2S/c1-14-19(15(2)27-25-14)13-28-22-18(10-6-12-23-22)21(26)24-20-11-5-8-16-7-3-4-9-17(16)20/h3-4,6-7,9-10,12,20H,5,8,11,13H2,1-2H3,(H,24,26)/t20-/m0/s1. The van der Waals surface area contributed by atoms with Crippen molar-refractivity contribution in [1.82, 2.24) is 15.5 Å². The van der Waals surface area contributed by atoms with Crippen LogP contribution in [0.15, 0.2) is 52.1 Å². The van der Waals surface area contributed by atoms with Gasteiger partial charge < -0.3 is 9.84 Å². The number of nitrogens with one attached hydrogen (secondary N) is 1. The number of pyridine rings is 1. The van der Waals surface area contributed by atoms with Crippen LogP contribution in [-0.4, -0.2) is 16.0 Å². The van der Waals surface area contributed by atoms with Crippen LogP contribution in [0.4, 0.5) is 0 Å². The molecular formula is C22H23N3O2S. The smallest absolute Gasteiger partial charge is 0.254 e. The summed E-state index contributed by atoms with van der Waals surface area (Å²) in [6.07, 6.45) is 4.85. The minimum absolute atomic E-state index is 0.0538. The fraction of sp³-hybridized carbons (Fsp3) is 0.318. The molecule has 1 N–H and O–H groups in total. The summed E-state index contributed by atoms with van der Waals surface area (Å²) in [6.45, 7) is 3.83. The number of amides is 1. The van der Waals surface area contributed by atoms with Gasteiger partial charge in [-0.25, -0.2) is 4.98 Å². The summed E-state index contributed by atoms with van der Waals surface area (Å²) >= 11 is 1.54. The third kappa shape index (κ3) is 3.83. The molecule has 28 heavy (non-hydrogen) atoms. The largest absolute Gasteiger partial charge is 0.361 e. The molecular weight excluding hydrogens is 370 g/mol. The van der Waals surface area contributed by atoms with E-state index >= 15 is 0 Å². The van der Waals surface area contributed by atoms with Gasteiger partial charge in [0.2, 0.25) is 0 Å². The molecule has 0 radical (unpaired) electrons. The van der Waals surface area contributed by atoms with Crippen LogP contribution in [0, 0.1) is 13.8 Å². The first-order valence-corrected chi connectivity index (χ1v) is 10.5. The Balaban J connectivity index is 1.51. The fourth-order valence-corrected chi connectivity index (χ4v) is 4.81. The summed E-state index contributed by atoms with van der Waals surface area (Å²) in [4.78, 5) is 17.5. The summed E-state index contributed by atoms with van der Waals surface area (Å²) in [7, 11) is 0. The van der Waals surface area contributed by atoms with Crippen LogP contribution in [0.2, 0.25) is 0 Å². The average molecular weight is 394 g/mol. The quantitative estimate of drug-likeness (QED) is 0.632. The van der Waals surface area contributed by atoms with Gasteiger partial charge in [0.25, 0.3) is 5.91 Å². The van der Waals surface area contributed by atoms with Crippen molar-refractivity contribution >= 4 is 17.7 Å². The van der Waals surface area contributed by atoms with Crippen molar-refractivity contribution < 1.29 is 9.32 Å². The van der Waals surface area contributed by atoms with E-state index in [-0.39, 0.29) is 11.9 Å². The summed E-state index contributed by atoms with van der Waals surface area (Å²) in [5, 5.41) is 7.95. The molecule has 0 fully saturated rings. The number of carbonyl (C=O) groups excluding carboxylic acids is 1. The molecule has 0 bridgehead atoms. The number of carbonyl (C=O) groups is 1. The van der Waals surface area contributed by atoms with Gasteiger partial charge in [0, 0.05) is 17.5 Å². The minimum atomic E-state index is -0.0731. The molecule has 4 rings (SSSR count). The predicted molar refractivity (Wildman–Crippen MR) is 109 cm³/mol. The highest BCUT2D eigenvalue weighted by atomic mass is 32.2. The van der Waals surface area contributed by atoms with Gasteiger partial charge in [-0.15, -0.1) is 11.8 Å². The lowest BCUT2D eigenvalue weighted by Gasteiger charge is -2.26. The SMILES string of the molecule is Cc1noc(C)c1CSc1ncccc1C(=O)N[C@H]1CCCc2ccccc21. The second-order valence-corrected chi connectivity index (χ2v) is 8.03. The first-order valence-electron chi connectivity index (χ1n) is 9.51. The van der Waals surface area contributed by atoms with E-state index < -0.39 is 0 Å². The number of aromatic nitrogens is 2. The van der Waals surface area contributed by atoms with E-state index in [9.17, 15) is 4.79 Å². The van der Waals surface area contributed by atoms with E-state index in [4.69, 9.17) is 4.52 Å². The van der Waals surface area contributed by atoms with Crippen molar-refractivity contribution in [2.45, 2.75) is 49.9 Å². The van der Waals surface area contributed by atoms with E-state index in [2.05, 4.69) is 33.7 Å². The van der Waals surface area contributed by atoms with Crippen LogP contribution >= 0.6 is 11.8 Å². The maximum Gasteiger partial charge on any atom is 0.254 e. The monoisotopic (exact) mass is 393 g/mol. The number of fused-ring (bicyclic) bond motifs is 1. The Kier molecular flexibility index (Phi) is 5.48. The van der Waals surface area contributed by atoms with E-state index in [0.29, 0.717) is 11.3 Å². The number of hydrogen-bond acceptors (Lipinski definition) is 5. The lowest BCUT2D eigenvalue weighted by atomic mass is 9.87. The van der Waals surface area contributed by atoms with Gasteiger partial charge in [-0.3, -0.25) is 4.79 Å². The summed E-state index contributed by atoms with van der Waals surface area (Å²) < 4.78 is 5.23. The van der Waals surface area contributed by atoms with Gasteiger partial charge in [-0.05, 0) is 56.4 Å². The topological polar surface area (TPSA) is 68.0 Å².